The second-order valence-corrected chi connectivity index (χ2v) is 8.07. The molecule has 26 heavy (non-hydrogen) atoms. The number of benzene rings is 2. The van der Waals surface area contributed by atoms with Crippen LogP contribution in [-0.2, 0) is 0 Å². The lowest BCUT2D eigenvalue weighted by Gasteiger charge is -2.32. The van der Waals surface area contributed by atoms with Crippen LogP contribution >= 0.6 is 0 Å². The van der Waals surface area contributed by atoms with Gasteiger partial charge in [-0.1, -0.05) is 43.2 Å². The number of nitrogens with zero attached hydrogens (tertiary/aromatic N) is 2. The van der Waals surface area contributed by atoms with Gasteiger partial charge in [-0.25, -0.2) is 0 Å². The Labute approximate surface area is 157 Å². The summed E-state index contributed by atoms with van der Waals surface area (Å²) in [5.41, 5.74) is 1.73. The normalized spacial score (nSPS) is 18.7. The third kappa shape index (κ3) is 4.19. The van der Waals surface area contributed by atoms with Crippen molar-refractivity contribution in [3.8, 4) is 6.07 Å². The molecule has 0 aromatic heterocycles. The van der Waals surface area contributed by atoms with Crippen LogP contribution in [0.5, 0.6) is 0 Å². The van der Waals surface area contributed by atoms with Gasteiger partial charge in [-0.05, 0) is 68.6 Å². The summed E-state index contributed by atoms with van der Waals surface area (Å²) in [6, 6.07) is 14.6. The largest absolute Gasteiger partial charge is 0.384 e. The Hall–Kier alpha value is -2.05. The van der Waals surface area contributed by atoms with Gasteiger partial charge < -0.3 is 10.2 Å². The zero-order chi connectivity index (χ0) is 17.8. The van der Waals surface area contributed by atoms with Crippen molar-refractivity contribution in [2.24, 2.45) is 11.8 Å². The number of nitrogens with one attached hydrogen (secondary N) is 1. The van der Waals surface area contributed by atoms with E-state index in [1.165, 1.54) is 51.7 Å². The van der Waals surface area contributed by atoms with Gasteiger partial charge in [0.05, 0.1) is 11.3 Å². The molecule has 0 atom stereocenters. The van der Waals surface area contributed by atoms with E-state index in [2.05, 4.69) is 28.4 Å². The van der Waals surface area contributed by atoms with Crippen LogP contribution in [0.1, 0.15) is 44.1 Å². The van der Waals surface area contributed by atoms with Gasteiger partial charge in [-0.2, -0.15) is 5.26 Å². The van der Waals surface area contributed by atoms with Gasteiger partial charge in [0, 0.05) is 11.9 Å². The predicted octanol–water partition coefficient (Wildman–Crippen LogP) is 5.03. The number of rotatable bonds is 7. The van der Waals surface area contributed by atoms with Crippen LogP contribution in [0.2, 0.25) is 0 Å². The minimum Gasteiger partial charge on any atom is -0.384 e. The van der Waals surface area contributed by atoms with Gasteiger partial charge in [-0.15, -0.1) is 0 Å². The first-order valence-corrected chi connectivity index (χ1v) is 10.2. The summed E-state index contributed by atoms with van der Waals surface area (Å²) < 4.78 is 0. The van der Waals surface area contributed by atoms with E-state index in [0.717, 1.165) is 46.8 Å². The first-order valence-electron chi connectivity index (χ1n) is 10.2. The van der Waals surface area contributed by atoms with Gasteiger partial charge in [0.25, 0.3) is 0 Å². The van der Waals surface area contributed by atoms with Gasteiger partial charge in [0.15, 0.2) is 0 Å². The van der Waals surface area contributed by atoms with Crippen molar-refractivity contribution in [2.75, 3.05) is 31.5 Å². The second kappa shape index (κ2) is 8.10. The van der Waals surface area contributed by atoms with Crippen molar-refractivity contribution in [2.45, 2.75) is 38.5 Å². The summed E-state index contributed by atoms with van der Waals surface area (Å²) in [5, 5.41) is 15.2. The molecule has 0 amide bonds. The zero-order valence-electron chi connectivity index (χ0n) is 15.6. The van der Waals surface area contributed by atoms with Gasteiger partial charge in [-0.3, -0.25) is 0 Å². The molecule has 0 unspecified atom stereocenters. The molecule has 136 valence electrons. The average molecular weight is 348 g/mol. The molecular weight excluding hydrogens is 318 g/mol. The van der Waals surface area contributed by atoms with E-state index in [4.69, 9.17) is 0 Å². The summed E-state index contributed by atoms with van der Waals surface area (Å²) in [6.45, 7) is 4.64. The highest BCUT2D eigenvalue weighted by atomic mass is 15.1. The molecule has 0 bridgehead atoms. The van der Waals surface area contributed by atoms with Crippen LogP contribution < -0.4 is 5.32 Å². The van der Waals surface area contributed by atoms with Gasteiger partial charge in [0.2, 0.25) is 0 Å². The molecule has 1 saturated carbocycles. The molecule has 1 saturated heterocycles. The monoisotopic (exact) mass is 347 g/mol. The predicted molar refractivity (Wildman–Crippen MR) is 108 cm³/mol. The summed E-state index contributed by atoms with van der Waals surface area (Å²) in [4.78, 5) is 2.62. The molecule has 0 spiro atoms. The summed E-state index contributed by atoms with van der Waals surface area (Å²) >= 11 is 0. The quantitative estimate of drug-likeness (QED) is 0.714. The SMILES string of the molecule is N#Cc1c(NCCCN2CCC(CC3CC3)CC2)ccc2ccccc12. The van der Waals surface area contributed by atoms with Crippen molar-refractivity contribution in [3.05, 3.63) is 42.0 Å². The summed E-state index contributed by atoms with van der Waals surface area (Å²) in [5.74, 6) is 2.07. The average Bonchev–Trinajstić information content (AvgIpc) is 3.50. The van der Waals surface area contributed by atoms with Crippen molar-refractivity contribution in [1.82, 2.24) is 4.90 Å². The van der Waals surface area contributed by atoms with E-state index in [1.807, 2.05) is 24.3 Å². The van der Waals surface area contributed by atoms with Gasteiger partial charge >= 0.3 is 0 Å². The van der Waals surface area contributed by atoms with Crippen LogP contribution in [0.4, 0.5) is 5.69 Å². The Morgan fingerprint density at radius 3 is 2.54 bits per heavy atom. The van der Waals surface area contributed by atoms with E-state index >= 15 is 0 Å². The van der Waals surface area contributed by atoms with Crippen molar-refractivity contribution >= 4 is 16.5 Å². The first-order chi connectivity index (χ1) is 12.8. The highest BCUT2D eigenvalue weighted by Crippen LogP contribution is 2.38. The molecule has 2 aromatic carbocycles. The number of fused-ring (bicyclic) bond motifs is 1. The third-order valence-corrected chi connectivity index (χ3v) is 6.08. The lowest BCUT2D eigenvalue weighted by atomic mass is 9.91. The molecule has 1 aliphatic carbocycles. The highest BCUT2D eigenvalue weighted by Gasteiger charge is 2.27. The maximum absolute atomic E-state index is 9.57. The van der Waals surface area contributed by atoms with E-state index in [0.29, 0.717) is 0 Å². The minimum absolute atomic E-state index is 0.768. The topological polar surface area (TPSA) is 39.1 Å². The fraction of sp³-hybridized carbons (Fsp3) is 0.522. The molecule has 4 rings (SSSR count). The molecule has 3 nitrogen and oxygen atoms in total. The van der Waals surface area contributed by atoms with Crippen molar-refractivity contribution in [1.29, 1.82) is 5.26 Å². The first kappa shape index (κ1) is 17.4. The van der Waals surface area contributed by atoms with Crippen LogP contribution in [-0.4, -0.2) is 31.1 Å². The molecule has 1 N–H and O–H groups in total. The lowest BCUT2D eigenvalue weighted by Crippen LogP contribution is -2.35. The minimum atomic E-state index is 0.768. The molecule has 1 heterocycles. The van der Waals surface area contributed by atoms with Crippen LogP contribution in [0.25, 0.3) is 10.8 Å². The Kier molecular flexibility index (Phi) is 5.41. The Balaban J connectivity index is 1.24. The number of hydrogen-bond donors (Lipinski definition) is 1. The van der Waals surface area contributed by atoms with Crippen LogP contribution in [0, 0.1) is 23.2 Å². The fourth-order valence-corrected chi connectivity index (χ4v) is 4.34. The maximum Gasteiger partial charge on any atom is 0.102 e. The molecule has 0 radical (unpaired) electrons. The van der Waals surface area contributed by atoms with E-state index < -0.39 is 0 Å². The summed E-state index contributed by atoms with van der Waals surface area (Å²) in [6.07, 6.45) is 8.40. The van der Waals surface area contributed by atoms with E-state index in [1.54, 1.807) is 0 Å². The Morgan fingerprint density at radius 2 is 1.77 bits per heavy atom. The molecule has 1 aliphatic heterocycles. The molecule has 2 aromatic rings. The van der Waals surface area contributed by atoms with E-state index in [-0.39, 0.29) is 0 Å². The zero-order valence-corrected chi connectivity index (χ0v) is 15.6. The highest BCUT2D eigenvalue weighted by molar-refractivity contribution is 5.92. The fourth-order valence-electron chi connectivity index (χ4n) is 4.34. The van der Waals surface area contributed by atoms with Crippen LogP contribution in [0.15, 0.2) is 36.4 Å². The molecule has 2 aliphatic rings. The van der Waals surface area contributed by atoms with Crippen molar-refractivity contribution < 1.29 is 0 Å². The maximum atomic E-state index is 9.57. The Morgan fingerprint density at radius 1 is 1.00 bits per heavy atom. The molecule has 3 heteroatoms. The van der Waals surface area contributed by atoms with Gasteiger partial charge in [0.1, 0.15) is 6.07 Å². The molecule has 2 fully saturated rings. The van der Waals surface area contributed by atoms with Crippen LogP contribution in [0.3, 0.4) is 0 Å². The number of nitriles is 1. The Bertz CT molecular complexity index is 780. The number of likely N-dealkylation sites (tertiary alicyclic amines) is 1. The summed E-state index contributed by atoms with van der Waals surface area (Å²) in [7, 11) is 0. The smallest absolute Gasteiger partial charge is 0.102 e. The van der Waals surface area contributed by atoms with E-state index in [9.17, 15) is 5.26 Å². The molecular formula is C23H29N3. The van der Waals surface area contributed by atoms with Crippen molar-refractivity contribution in [3.63, 3.8) is 0 Å². The third-order valence-electron chi connectivity index (χ3n) is 6.08. The number of anilines is 1. The standard InChI is InChI=1S/C23H29N3/c24-17-22-21-5-2-1-4-20(21)8-9-23(22)25-12-3-13-26-14-10-19(11-15-26)16-18-6-7-18/h1-2,4-5,8-9,18-19,25H,3,6-7,10-16H2. The number of piperidine rings is 1. The number of hydrogen-bond acceptors (Lipinski definition) is 3. The second-order valence-electron chi connectivity index (χ2n) is 8.07. The lowest BCUT2D eigenvalue weighted by molar-refractivity contribution is 0.175.